The highest BCUT2D eigenvalue weighted by Crippen LogP contribution is 2.32. The Hall–Kier alpha value is -3.86. The van der Waals surface area contributed by atoms with Crippen molar-refractivity contribution in [3.8, 4) is 5.97 Å². The lowest BCUT2D eigenvalue weighted by Crippen LogP contribution is -2.39. The van der Waals surface area contributed by atoms with E-state index in [0.29, 0.717) is 41.9 Å². The first kappa shape index (κ1) is 28.2. The monoisotopic (exact) mass is 527 g/mol. The molecule has 0 aliphatic carbocycles. The van der Waals surface area contributed by atoms with Gasteiger partial charge in [0.25, 0.3) is 12.6 Å². The number of nitrogens with one attached hydrogen (secondary N) is 1. The lowest BCUT2D eigenvalue weighted by atomic mass is 9.43. The number of aryl methyl sites for hydroxylation is 1. The average Bonchev–Trinajstić information content (AvgIpc) is 2.90. The maximum atomic E-state index is 15.4. The molecule has 0 bridgehead atoms. The summed E-state index contributed by atoms with van der Waals surface area (Å²) in [6.45, 7) is 9.91. The maximum Gasteiger partial charge on any atom is 0.410 e. The van der Waals surface area contributed by atoms with Crippen molar-refractivity contribution in [3.05, 3.63) is 76.1 Å². The van der Waals surface area contributed by atoms with E-state index < -0.39 is 5.60 Å². The van der Waals surface area contributed by atoms with Crippen LogP contribution in [0.2, 0.25) is 12.6 Å². The third-order valence-corrected chi connectivity index (χ3v) is 7.28. The number of nitriles is 1. The summed E-state index contributed by atoms with van der Waals surface area (Å²) >= 11 is 0. The second kappa shape index (κ2) is 11.5. The van der Waals surface area contributed by atoms with Gasteiger partial charge in [0.15, 0.2) is 0 Å². The van der Waals surface area contributed by atoms with E-state index in [9.17, 15) is 9.59 Å². The van der Waals surface area contributed by atoms with Gasteiger partial charge in [-0.3, -0.25) is 4.79 Å². The van der Waals surface area contributed by atoms with Gasteiger partial charge in [-0.15, -0.1) is 0 Å². The number of carbonyl (C=O) groups excluding carboxylic acids is 2. The molecule has 0 unspecified atom stereocenters. The minimum Gasteiger partial charge on any atom is -0.444 e. The summed E-state index contributed by atoms with van der Waals surface area (Å²) in [5.41, 5.74) is 5.18. The largest absolute Gasteiger partial charge is 0.444 e. The standard InChI is InChI=1S/C31H35BFN3O3/c1-20-18-24(22-10-14-32(19-34)15-11-22)6-7-25(20)29(37)35-27-9-8-26(28(33)21(27)2)23-12-16-36(17-13-23)30(38)39-31(3,4)5/h6-10,12,18H,11,13-17H2,1-5H3,(H,35,37). The van der Waals surface area contributed by atoms with E-state index in [1.807, 2.05) is 45.9 Å². The van der Waals surface area contributed by atoms with Crippen molar-refractivity contribution >= 4 is 35.5 Å². The highest BCUT2D eigenvalue weighted by molar-refractivity contribution is 6.67. The smallest absolute Gasteiger partial charge is 0.410 e. The molecule has 1 N–H and O–H groups in total. The quantitative estimate of drug-likeness (QED) is 0.432. The predicted octanol–water partition coefficient (Wildman–Crippen LogP) is 7.06. The van der Waals surface area contributed by atoms with Crippen molar-refractivity contribution in [2.75, 3.05) is 18.4 Å². The summed E-state index contributed by atoms with van der Waals surface area (Å²) in [4.78, 5) is 27.1. The molecule has 0 saturated heterocycles. The average molecular weight is 527 g/mol. The Morgan fingerprint density at radius 2 is 1.87 bits per heavy atom. The lowest BCUT2D eigenvalue weighted by Gasteiger charge is -2.29. The van der Waals surface area contributed by atoms with Gasteiger partial charge < -0.3 is 15.0 Å². The summed E-state index contributed by atoms with van der Waals surface area (Å²) in [6.07, 6.45) is 6.58. The number of hydrogen-bond acceptors (Lipinski definition) is 4. The Bertz CT molecular complexity index is 1400. The van der Waals surface area contributed by atoms with E-state index in [2.05, 4.69) is 17.4 Å². The summed E-state index contributed by atoms with van der Waals surface area (Å²) < 4.78 is 20.9. The zero-order valence-corrected chi connectivity index (χ0v) is 23.4. The van der Waals surface area contributed by atoms with Crippen LogP contribution in [0.1, 0.15) is 66.2 Å². The SMILES string of the molecule is Cc1cc(C2=CCB(C#N)CC2)ccc1C(=O)Nc1ccc(C2=CCN(C(=O)OC(C)(C)C)CC2)c(F)c1C. The van der Waals surface area contributed by atoms with Crippen LogP contribution in [-0.4, -0.2) is 42.3 Å². The van der Waals surface area contributed by atoms with Gasteiger partial charge in [0, 0.05) is 41.4 Å². The van der Waals surface area contributed by atoms with Crippen molar-refractivity contribution < 1.29 is 18.7 Å². The first-order valence-corrected chi connectivity index (χ1v) is 13.4. The summed E-state index contributed by atoms with van der Waals surface area (Å²) in [5.74, 6) is 1.66. The molecule has 202 valence electrons. The molecule has 2 heterocycles. The van der Waals surface area contributed by atoms with Crippen LogP contribution in [0.4, 0.5) is 14.9 Å². The second-order valence-corrected chi connectivity index (χ2v) is 11.3. The third kappa shape index (κ3) is 6.59. The summed E-state index contributed by atoms with van der Waals surface area (Å²) in [7, 11) is 0. The topological polar surface area (TPSA) is 82.4 Å². The van der Waals surface area contributed by atoms with Gasteiger partial charge in [-0.2, -0.15) is 0 Å². The Labute approximate surface area is 230 Å². The minimum absolute atomic E-state index is 0.0799. The number of hydrogen-bond donors (Lipinski definition) is 1. The highest BCUT2D eigenvalue weighted by atomic mass is 19.1. The Kier molecular flexibility index (Phi) is 8.29. The van der Waals surface area contributed by atoms with Crippen LogP contribution in [0.5, 0.6) is 0 Å². The second-order valence-electron chi connectivity index (χ2n) is 11.3. The molecular formula is C31H35BFN3O3. The van der Waals surface area contributed by atoms with Gasteiger partial charge in [0.1, 0.15) is 11.4 Å². The number of halogens is 1. The fourth-order valence-electron chi connectivity index (χ4n) is 5.00. The number of ether oxygens (including phenoxy) is 1. The molecule has 0 saturated carbocycles. The van der Waals surface area contributed by atoms with E-state index in [-0.39, 0.29) is 24.5 Å². The Morgan fingerprint density at radius 3 is 2.46 bits per heavy atom. The zero-order valence-electron chi connectivity index (χ0n) is 23.4. The first-order chi connectivity index (χ1) is 18.5. The fourth-order valence-corrected chi connectivity index (χ4v) is 5.00. The normalized spacial score (nSPS) is 15.7. The molecule has 8 heteroatoms. The number of carbonyl (C=O) groups is 2. The first-order valence-electron chi connectivity index (χ1n) is 13.4. The number of allylic oxidation sites excluding steroid dienone is 2. The zero-order chi connectivity index (χ0) is 28.3. The van der Waals surface area contributed by atoms with Gasteiger partial charge in [0.05, 0.1) is 0 Å². The van der Waals surface area contributed by atoms with Crippen LogP contribution in [0, 0.1) is 30.9 Å². The molecule has 39 heavy (non-hydrogen) atoms. The molecule has 0 atom stereocenters. The molecule has 2 aromatic rings. The van der Waals surface area contributed by atoms with Crippen LogP contribution in [0.25, 0.3) is 11.1 Å². The van der Waals surface area contributed by atoms with Gasteiger partial charge in [-0.1, -0.05) is 30.6 Å². The van der Waals surface area contributed by atoms with Crippen molar-refractivity contribution in [1.82, 2.24) is 4.90 Å². The van der Waals surface area contributed by atoms with Gasteiger partial charge in [-0.25, -0.2) is 14.4 Å². The van der Waals surface area contributed by atoms with Gasteiger partial charge >= 0.3 is 6.09 Å². The maximum absolute atomic E-state index is 15.4. The van der Waals surface area contributed by atoms with Crippen molar-refractivity contribution in [2.45, 2.75) is 65.7 Å². The molecular weight excluding hydrogens is 492 g/mol. The van der Waals surface area contributed by atoms with Crippen LogP contribution in [0.3, 0.4) is 0 Å². The molecule has 6 nitrogen and oxygen atoms in total. The molecule has 2 aromatic carbocycles. The summed E-state index contributed by atoms with van der Waals surface area (Å²) in [6, 6.07) is 9.16. The van der Waals surface area contributed by atoms with Crippen molar-refractivity contribution in [3.63, 3.8) is 0 Å². The number of benzene rings is 2. The fraction of sp³-hybridized carbons (Fsp3) is 0.387. The molecule has 4 rings (SSSR count). The molecule has 0 aromatic heterocycles. The predicted molar refractivity (Wildman–Crippen MR) is 154 cm³/mol. The lowest BCUT2D eigenvalue weighted by molar-refractivity contribution is 0.0270. The van der Waals surface area contributed by atoms with Crippen LogP contribution < -0.4 is 5.32 Å². The third-order valence-electron chi connectivity index (χ3n) is 7.28. The van der Waals surface area contributed by atoms with E-state index in [4.69, 9.17) is 10.00 Å². The van der Waals surface area contributed by atoms with Gasteiger partial charge in [0.2, 0.25) is 0 Å². The molecule has 0 radical (unpaired) electrons. The molecule has 0 spiro atoms. The number of amides is 2. The van der Waals surface area contributed by atoms with Crippen LogP contribution in [-0.2, 0) is 4.74 Å². The minimum atomic E-state index is -0.569. The Morgan fingerprint density at radius 1 is 1.10 bits per heavy atom. The number of anilines is 1. The van der Waals surface area contributed by atoms with E-state index in [1.54, 1.807) is 30.0 Å². The van der Waals surface area contributed by atoms with E-state index in [0.717, 1.165) is 35.8 Å². The van der Waals surface area contributed by atoms with Crippen molar-refractivity contribution in [1.29, 1.82) is 5.26 Å². The van der Waals surface area contributed by atoms with Crippen molar-refractivity contribution in [2.24, 2.45) is 0 Å². The number of nitrogens with zero attached hydrogens (tertiary/aromatic N) is 2. The van der Waals surface area contributed by atoms with E-state index >= 15 is 4.39 Å². The van der Waals surface area contributed by atoms with E-state index in [1.165, 1.54) is 5.57 Å². The molecule has 2 amide bonds. The van der Waals surface area contributed by atoms with Gasteiger partial charge in [-0.05, 0) is 94.3 Å². The van der Waals surface area contributed by atoms with Crippen LogP contribution in [0.15, 0.2) is 42.5 Å². The van der Waals surface area contributed by atoms with Crippen LogP contribution >= 0.6 is 0 Å². The molecule has 2 aliphatic rings. The summed E-state index contributed by atoms with van der Waals surface area (Å²) in [5, 5.41) is 12.0. The number of rotatable bonds is 4. The Balaban J connectivity index is 1.45. The highest BCUT2D eigenvalue weighted by Gasteiger charge is 2.25. The molecule has 0 fully saturated rings. The molecule has 2 aliphatic heterocycles.